The normalized spacial score (nSPS) is 14.9. The molecule has 0 spiro atoms. The summed E-state index contributed by atoms with van der Waals surface area (Å²) in [5.41, 5.74) is -1.22. The predicted molar refractivity (Wildman–Crippen MR) is 107 cm³/mol. The van der Waals surface area contributed by atoms with Gasteiger partial charge < -0.3 is 25.2 Å². The number of aliphatic hydroxyl groups excluding tert-OH is 1. The first-order valence-electron chi connectivity index (χ1n) is 9.62. The average molecular weight is 389 g/mol. The van der Waals surface area contributed by atoms with Crippen LogP contribution in [0.15, 0.2) is 0 Å². The molecule has 0 saturated heterocycles. The van der Waals surface area contributed by atoms with Crippen molar-refractivity contribution in [1.82, 2.24) is 10.6 Å². The highest BCUT2D eigenvalue weighted by Crippen LogP contribution is 2.30. The van der Waals surface area contributed by atoms with Gasteiger partial charge >= 0.3 is 12.2 Å². The maximum atomic E-state index is 11.9. The van der Waals surface area contributed by atoms with Crippen LogP contribution in [0.5, 0.6) is 0 Å². The van der Waals surface area contributed by atoms with Crippen LogP contribution < -0.4 is 10.6 Å². The summed E-state index contributed by atoms with van der Waals surface area (Å²) < 4.78 is 10.5. The zero-order chi connectivity index (χ0) is 21.5. The number of hydrogen-bond donors (Lipinski definition) is 3. The van der Waals surface area contributed by atoms with Gasteiger partial charge in [0.05, 0.1) is 0 Å². The van der Waals surface area contributed by atoms with Crippen molar-refractivity contribution in [1.29, 1.82) is 0 Å². The van der Waals surface area contributed by atoms with Crippen molar-refractivity contribution in [3.63, 3.8) is 0 Å². The summed E-state index contributed by atoms with van der Waals surface area (Å²) in [4.78, 5) is 23.7. The molecule has 0 aromatic rings. The first-order chi connectivity index (χ1) is 12.0. The molecular weight excluding hydrogens is 348 g/mol. The van der Waals surface area contributed by atoms with Crippen LogP contribution in [0.2, 0.25) is 0 Å². The highest BCUT2D eigenvalue weighted by Gasteiger charge is 2.28. The summed E-state index contributed by atoms with van der Waals surface area (Å²) >= 11 is 0. The van der Waals surface area contributed by atoms with E-state index in [0.29, 0.717) is 13.0 Å². The molecule has 2 amide bonds. The number of carbonyl (C=O) groups is 2. The summed E-state index contributed by atoms with van der Waals surface area (Å²) in [5, 5.41) is 15.3. The summed E-state index contributed by atoms with van der Waals surface area (Å²) in [6.45, 7) is 17.3. The SMILES string of the molecule is C[C@@H](NC(=O)OC(C)(C)C)C(CO)CC(C)(C)CCNC(=O)OC(C)(C)C. The van der Waals surface area contributed by atoms with Crippen molar-refractivity contribution in [3.05, 3.63) is 0 Å². The zero-order valence-corrected chi connectivity index (χ0v) is 18.6. The molecule has 2 atom stereocenters. The van der Waals surface area contributed by atoms with E-state index in [4.69, 9.17) is 9.47 Å². The van der Waals surface area contributed by atoms with E-state index in [-0.39, 0.29) is 24.0 Å². The number of ether oxygens (including phenoxy) is 2. The molecule has 7 heteroatoms. The fourth-order valence-corrected chi connectivity index (χ4v) is 2.64. The molecule has 160 valence electrons. The van der Waals surface area contributed by atoms with Crippen molar-refractivity contribution in [2.45, 2.75) is 92.4 Å². The van der Waals surface area contributed by atoms with Gasteiger partial charge in [-0.15, -0.1) is 0 Å². The standard InChI is InChI=1S/C20H40N2O5/c1-14(22-17(25)27-19(5,6)7)15(13-23)12-20(8,9)10-11-21-16(24)26-18(2,3)4/h14-15,23H,10-13H2,1-9H3,(H,21,24)(H,22,25)/t14-,15?/m1/s1. The number of rotatable bonds is 8. The first-order valence-corrected chi connectivity index (χ1v) is 9.62. The molecule has 0 heterocycles. The van der Waals surface area contributed by atoms with Gasteiger partial charge in [0.2, 0.25) is 0 Å². The number of hydrogen-bond acceptors (Lipinski definition) is 5. The Kier molecular flexibility index (Phi) is 9.59. The minimum Gasteiger partial charge on any atom is -0.444 e. The Labute approximate surface area is 164 Å². The maximum absolute atomic E-state index is 11.9. The van der Waals surface area contributed by atoms with Gasteiger partial charge in [-0.05, 0) is 66.7 Å². The highest BCUT2D eigenvalue weighted by molar-refractivity contribution is 5.68. The van der Waals surface area contributed by atoms with Gasteiger partial charge in [0.25, 0.3) is 0 Å². The lowest BCUT2D eigenvalue weighted by Gasteiger charge is -2.33. The summed E-state index contributed by atoms with van der Waals surface area (Å²) in [7, 11) is 0. The predicted octanol–water partition coefficient (Wildman–Crippen LogP) is 3.84. The zero-order valence-electron chi connectivity index (χ0n) is 18.6. The molecule has 0 aromatic carbocycles. The van der Waals surface area contributed by atoms with Gasteiger partial charge in [-0.1, -0.05) is 13.8 Å². The average Bonchev–Trinajstić information content (AvgIpc) is 2.40. The number of nitrogens with one attached hydrogen (secondary N) is 2. The van der Waals surface area contributed by atoms with Crippen molar-refractivity contribution >= 4 is 12.2 Å². The maximum Gasteiger partial charge on any atom is 0.407 e. The molecule has 0 aromatic heterocycles. The Bertz CT molecular complexity index is 478. The van der Waals surface area contributed by atoms with Crippen LogP contribution in [0.1, 0.15) is 75.2 Å². The van der Waals surface area contributed by atoms with Crippen molar-refractivity contribution in [2.75, 3.05) is 13.2 Å². The highest BCUT2D eigenvalue weighted by atomic mass is 16.6. The Balaban J connectivity index is 4.52. The van der Waals surface area contributed by atoms with Crippen LogP contribution in [0.4, 0.5) is 9.59 Å². The molecular formula is C20H40N2O5. The third-order valence-corrected chi connectivity index (χ3v) is 3.97. The minimum absolute atomic E-state index is 0.0418. The summed E-state index contributed by atoms with van der Waals surface area (Å²) in [6, 6.07) is -0.233. The van der Waals surface area contributed by atoms with Crippen LogP contribution in [0.3, 0.4) is 0 Å². The van der Waals surface area contributed by atoms with Crippen LogP contribution in [-0.2, 0) is 9.47 Å². The molecule has 0 fully saturated rings. The van der Waals surface area contributed by atoms with Crippen LogP contribution in [0, 0.1) is 11.3 Å². The summed E-state index contributed by atoms with van der Waals surface area (Å²) in [5.74, 6) is -0.117. The smallest absolute Gasteiger partial charge is 0.407 e. The van der Waals surface area contributed by atoms with Gasteiger partial charge in [-0.25, -0.2) is 9.59 Å². The molecule has 1 unspecified atom stereocenters. The lowest BCUT2D eigenvalue weighted by Crippen LogP contribution is -2.43. The van der Waals surface area contributed by atoms with E-state index in [9.17, 15) is 14.7 Å². The van der Waals surface area contributed by atoms with Crippen molar-refractivity contribution < 1.29 is 24.2 Å². The molecule has 7 nitrogen and oxygen atoms in total. The molecule has 0 aliphatic heterocycles. The lowest BCUT2D eigenvalue weighted by atomic mass is 9.78. The number of amides is 2. The van der Waals surface area contributed by atoms with Crippen molar-refractivity contribution in [2.24, 2.45) is 11.3 Å². The molecule has 3 N–H and O–H groups in total. The van der Waals surface area contributed by atoms with Crippen LogP contribution in [-0.4, -0.2) is 47.7 Å². The molecule has 0 aliphatic rings. The third-order valence-electron chi connectivity index (χ3n) is 3.97. The fourth-order valence-electron chi connectivity index (χ4n) is 2.64. The van der Waals surface area contributed by atoms with Gasteiger partial charge in [-0.2, -0.15) is 0 Å². The van der Waals surface area contributed by atoms with E-state index in [1.165, 1.54) is 0 Å². The van der Waals surface area contributed by atoms with E-state index < -0.39 is 23.4 Å². The Morgan fingerprint density at radius 2 is 1.41 bits per heavy atom. The van der Waals surface area contributed by atoms with E-state index in [2.05, 4.69) is 24.5 Å². The van der Waals surface area contributed by atoms with Gasteiger partial charge in [0.15, 0.2) is 0 Å². The number of alkyl carbamates (subject to hydrolysis) is 2. The second-order valence-electron chi connectivity index (χ2n) is 9.92. The van der Waals surface area contributed by atoms with Gasteiger partial charge in [-0.3, -0.25) is 0 Å². The van der Waals surface area contributed by atoms with Crippen LogP contribution >= 0.6 is 0 Å². The fraction of sp³-hybridized carbons (Fsp3) is 0.900. The van der Waals surface area contributed by atoms with E-state index in [1.54, 1.807) is 0 Å². The topological polar surface area (TPSA) is 96.9 Å². The molecule has 0 rings (SSSR count). The molecule has 0 radical (unpaired) electrons. The van der Waals surface area contributed by atoms with Crippen LogP contribution in [0.25, 0.3) is 0 Å². The van der Waals surface area contributed by atoms with E-state index in [1.807, 2.05) is 48.5 Å². The van der Waals surface area contributed by atoms with Gasteiger partial charge in [0, 0.05) is 25.1 Å². The second kappa shape index (κ2) is 10.2. The second-order valence-corrected chi connectivity index (χ2v) is 9.92. The monoisotopic (exact) mass is 388 g/mol. The van der Waals surface area contributed by atoms with E-state index >= 15 is 0 Å². The lowest BCUT2D eigenvalue weighted by molar-refractivity contribution is 0.0447. The number of aliphatic hydroxyl groups is 1. The molecule has 0 aliphatic carbocycles. The third kappa shape index (κ3) is 13.3. The summed E-state index contributed by atoms with van der Waals surface area (Å²) in [6.07, 6.45) is 0.494. The minimum atomic E-state index is -0.564. The Hall–Kier alpha value is -1.50. The quantitative estimate of drug-likeness (QED) is 0.587. The van der Waals surface area contributed by atoms with Gasteiger partial charge in [0.1, 0.15) is 11.2 Å². The first kappa shape index (κ1) is 25.5. The number of carbonyl (C=O) groups excluding carboxylic acids is 2. The molecule has 27 heavy (non-hydrogen) atoms. The van der Waals surface area contributed by atoms with E-state index in [0.717, 1.165) is 6.42 Å². The molecule has 0 saturated carbocycles. The Morgan fingerprint density at radius 1 is 0.926 bits per heavy atom. The van der Waals surface area contributed by atoms with Crippen molar-refractivity contribution in [3.8, 4) is 0 Å². The molecule has 0 bridgehead atoms. The Morgan fingerprint density at radius 3 is 1.85 bits per heavy atom. The largest absolute Gasteiger partial charge is 0.444 e.